The van der Waals surface area contributed by atoms with E-state index in [-0.39, 0.29) is 31.3 Å². The van der Waals surface area contributed by atoms with Gasteiger partial charge in [0.25, 0.3) is 0 Å². The Morgan fingerprint density at radius 1 is 0.925 bits per heavy atom. The lowest BCUT2D eigenvalue weighted by Gasteiger charge is -2.36. The maximum atomic E-state index is 13.2. The molecule has 11 nitrogen and oxygen atoms in total. The molecular weight excluding hydrogens is 540 g/mol. The van der Waals surface area contributed by atoms with E-state index in [2.05, 4.69) is 15.4 Å². The highest BCUT2D eigenvalue weighted by Gasteiger charge is 2.53. The minimum Gasteiger partial charge on any atom is -0.508 e. The van der Waals surface area contributed by atoms with Crippen LogP contribution >= 0.6 is 12.2 Å². The second-order valence-electron chi connectivity index (χ2n) is 8.82. The number of benzene rings is 3. The topological polar surface area (TPSA) is 145 Å². The predicted octanol–water partition coefficient (Wildman–Crippen LogP) is 4.14. The first-order valence-electron chi connectivity index (χ1n) is 12.5. The lowest BCUT2D eigenvalue weighted by Crippen LogP contribution is -2.33. The number of fused-ring (bicyclic) bond motifs is 6. The summed E-state index contributed by atoms with van der Waals surface area (Å²) in [4.78, 5) is 24.3. The molecule has 1 spiro atoms. The third kappa shape index (κ3) is 5.18. The molecule has 0 saturated heterocycles. The summed E-state index contributed by atoms with van der Waals surface area (Å²) in [5.74, 6) is 0.0361. The Bertz CT molecular complexity index is 1420. The highest BCUT2D eigenvalue weighted by Crippen LogP contribution is 2.57. The normalized spacial score (nSPS) is 13.8. The third-order valence-electron chi connectivity index (χ3n) is 6.27. The van der Waals surface area contributed by atoms with E-state index >= 15 is 0 Å². The van der Waals surface area contributed by atoms with Crippen molar-refractivity contribution < 1.29 is 43.5 Å². The number of ether oxygens (including phenoxy) is 5. The van der Waals surface area contributed by atoms with Crippen LogP contribution in [0.25, 0.3) is 0 Å². The van der Waals surface area contributed by atoms with E-state index in [9.17, 15) is 19.8 Å². The summed E-state index contributed by atoms with van der Waals surface area (Å²) in [5.41, 5.74) is 1.24. The van der Waals surface area contributed by atoms with Crippen LogP contribution in [-0.4, -0.2) is 60.4 Å². The molecule has 12 heteroatoms. The van der Waals surface area contributed by atoms with Crippen molar-refractivity contribution >= 4 is 35.1 Å². The van der Waals surface area contributed by atoms with E-state index in [1.807, 2.05) is 0 Å². The molecule has 0 fully saturated rings. The summed E-state index contributed by atoms with van der Waals surface area (Å²) in [7, 11) is 0. The molecule has 5 rings (SSSR count). The number of nitrogens with one attached hydrogen (secondary N) is 2. The summed E-state index contributed by atoms with van der Waals surface area (Å²) < 4.78 is 26.9. The van der Waals surface area contributed by atoms with Crippen LogP contribution in [0.4, 0.5) is 10.5 Å². The average molecular weight is 567 g/mol. The second-order valence-corrected chi connectivity index (χ2v) is 9.23. The maximum Gasteiger partial charge on any atom is 0.508 e. The first kappa shape index (κ1) is 27.0. The Kier molecular flexibility index (Phi) is 7.63. The van der Waals surface area contributed by atoms with Crippen molar-refractivity contribution in [3.63, 3.8) is 0 Å². The fraction of sp³-hybridized carbons (Fsp3) is 0.250. The monoisotopic (exact) mass is 566 g/mol. The van der Waals surface area contributed by atoms with Gasteiger partial charge in [0.05, 0.1) is 25.4 Å². The van der Waals surface area contributed by atoms with E-state index < -0.39 is 17.7 Å². The number of rotatable bonds is 8. The van der Waals surface area contributed by atoms with Crippen LogP contribution in [-0.2, 0) is 24.5 Å². The van der Waals surface area contributed by atoms with Gasteiger partial charge in [-0.25, -0.2) is 9.59 Å². The van der Waals surface area contributed by atoms with Gasteiger partial charge in [-0.3, -0.25) is 0 Å². The van der Waals surface area contributed by atoms with Crippen LogP contribution in [0.5, 0.6) is 23.0 Å². The third-order valence-corrected chi connectivity index (χ3v) is 6.52. The highest BCUT2D eigenvalue weighted by molar-refractivity contribution is 7.80. The Labute approximate surface area is 234 Å². The van der Waals surface area contributed by atoms with Gasteiger partial charge in [-0.2, -0.15) is 0 Å². The molecule has 2 aliphatic heterocycles. The van der Waals surface area contributed by atoms with E-state index in [0.717, 1.165) is 0 Å². The van der Waals surface area contributed by atoms with Gasteiger partial charge in [-0.05, 0) is 55.5 Å². The molecule has 0 aliphatic carbocycles. The zero-order chi connectivity index (χ0) is 28.3. The fourth-order valence-electron chi connectivity index (χ4n) is 4.64. The standard InChI is InChI=1S/C28H26N2O9S/c1-2-36-27(34)37-12-11-35-10-9-29-26(40)30-16-3-6-20-19(13-16)25(33)39-28(20)21-7-4-17(31)14-23(21)38-24-15-18(32)5-8-22(24)28/h3-8,13-15,31-32H,2,9-12H2,1H3,(H2,29,30,40). The van der Waals surface area contributed by atoms with Crippen molar-refractivity contribution in [1.29, 1.82) is 0 Å². The predicted molar refractivity (Wildman–Crippen MR) is 146 cm³/mol. The summed E-state index contributed by atoms with van der Waals surface area (Å²) in [6, 6.07) is 14.4. The van der Waals surface area contributed by atoms with Crippen LogP contribution in [0.3, 0.4) is 0 Å². The number of carbonyl (C=O) groups is 2. The molecule has 3 aromatic carbocycles. The number of thiocarbonyl (C=S) groups is 1. The van der Waals surface area contributed by atoms with Crippen LogP contribution in [0.15, 0.2) is 54.6 Å². The molecule has 0 bridgehead atoms. The highest BCUT2D eigenvalue weighted by atomic mass is 32.1. The fourth-order valence-corrected chi connectivity index (χ4v) is 4.86. The lowest BCUT2D eigenvalue weighted by atomic mass is 9.77. The Balaban J connectivity index is 1.28. The molecular formula is C28H26N2O9S. The number of anilines is 1. The van der Waals surface area contributed by atoms with Gasteiger partial charge in [-0.1, -0.05) is 6.07 Å². The quantitative estimate of drug-likeness (QED) is 0.177. The van der Waals surface area contributed by atoms with Gasteiger partial charge in [0, 0.05) is 41.1 Å². The summed E-state index contributed by atoms with van der Waals surface area (Å²) in [6.07, 6.45) is -0.734. The molecule has 0 unspecified atom stereocenters. The Morgan fingerprint density at radius 3 is 2.27 bits per heavy atom. The van der Waals surface area contributed by atoms with Crippen molar-refractivity contribution in [2.45, 2.75) is 12.5 Å². The van der Waals surface area contributed by atoms with Gasteiger partial charge < -0.3 is 44.5 Å². The van der Waals surface area contributed by atoms with Gasteiger partial charge in [-0.15, -0.1) is 0 Å². The molecule has 2 heterocycles. The van der Waals surface area contributed by atoms with Crippen LogP contribution in [0.1, 0.15) is 34.0 Å². The van der Waals surface area contributed by atoms with Crippen LogP contribution in [0.2, 0.25) is 0 Å². The molecule has 0 saturated carbocycles. The van der Waals surface area contributed by atoms with Crippen molar-refractivity contribution in [2.75, 3.05) is 38.3 Å². The number of aromatic hydroxyl groups is 2. The zero-order valence-electron chi connectivity index (χ0n) is 21.4. The molecule has 4 N–H and O–H groups in total. The molecule has 0 atom stereocenters. The first-order valence-corrected chi connectivity index (χ1v) is 12.9. The summed E-state index contributed by atoms with van der Waals surface area (Å²) in [5, 5.41) is 26.5. The number of carbonyl (C=O) groups excluding carboxylic acids is 2. The lowest BCUT2D eigenvalue weighted by molar-refractivity contribution is 0.0223. The minimum atomic E-state index is -1.33. The smallest absolute Gasteiger partial charge is 0.508 e. The maximum absolute atomic E-state index is 13.2. The number of hydrogen-bond acceptors (Lipinski definition) is 10. The molecule has 2 aliphatic rings. The Hall–Kier alpha value is -4.55. The van der Waals surface area contributed by atoms with Gasteiger partial charge in [0.15, 0.2) is 10.7 Å². The van der Waals surface area contributed by atoms with Crippen molar-refractivity contribution in [3.05, 3.63) is 76.9 Å². The molecule has 0 aromatic heterocycles. The number of hydrogen-bond donors (Lipinski definition) is 4. The van der Waals surface area contributed by atoms with E-state index in [4.69, 9.17) is 31.2 Å². The largest absolute Gasteiger partial charge is 0.508 e. The van der Waals surface area contributed by atoms with Crippen LogP contribution in [0, 0.1) is 0 Å². The van der Waals surface area contributed by atoms with Gasteiger partial charge in [0.2, 0.25) is 0 Å². The average Bonchev–Trinajstić information content (AvgIpc) is 3.19. The van der Waals surface area contributed by atoms with Crippen molar-refractivity contribution in [2.24, 2.45) is 0 Å². The van der Waals surface area contributed by atoms with E-state index in [1.54, 1.807) is 37.3 Å². The molecule has 0 radical (unpaired) electrons. The first-order chi connectivity index (χ1) is 19.3. The SMILES string of the molecule is CCOC(=O)OCCOCCNC(=S)Nc1ccc2c(c1)C(=O)OC21c2ccc(O)cc2Oc2cc(O)ccc21. The van der Waals surface area contributed by atoms with Crippen molar-refractivity contribution in [1.82, 2.24) is 5.32 Å². The number of esters is 1. The van der Waals surface area contributed by atoms with Crippen LogP contribution < -0.4 is 15.4 Å². The summed E-state index contributed by atoms with van der Waals surface area (Å²) in [6.45, 7) is 2.95. The number of phenols is 2. The molecule has 0 amide bonds. The van der Waals surface area contributed by atoms with Gasteiger partial charge in [0.1, 0.15) is 29.6 Å². The summed E-state index contributed by atoms with van der Waals surface area (Å²) >= 11 is 5.36. The minimum absolute atomic E-state index is 0.0157. The second kappa shape index (κ2) is 11.3. The zero-order valence-corrected chi connectivity index (χ0v) is 22.2. The Morgan fingerprint density at radius 2 is 1.60 bits per heavy atom. The number of phenolic OH excluding ortho intramolecular Hbond substituents is 2. The van der Waals surface area contributed by atoms with Crippen molar-refractivity contribution in [3.8, 4) is 23.0 Å². The molecule has 3 aromatic rings. The molecule has 40 heavy (non-hydrogen) atoms. The van der Waals surface area contributed by atoms with E-state index in [1.165, 1.54) is 24.3 Å². The van der Waals surface area contributed by atoms with E-state index in [0.29, 0.717) is 57.7 Å². The van der Waals surface area contributed by atoms with Gasteiger partial charge >= 0.3 is 12.1 Å². The molecule has 208 valence electrons.